The second-order valence-electron chi connectivity index (χ2n) is 5.71. The molecule has 0 aliphatic rings. The van der Waals surface area contributed by atoms with E-state index in [1.54, 1.807) is 7.11 Å². The number of carbonyl (C=O) groups is 1. The molecule has 1 atom stereocenters. The molecule has 6 heteroatoms. The maximum absolute atomic E-state index is 13.0. The van der Waals surface area contributed by atoms with Crippen LogP contribution in [0.1, 0.15) is 47.5 Å². The number of amides is 1. The number of hydrogen-bond acceptors (Lipinski definition) is 5. The molecule has 0 spiro atoms. The van der Waals surface area contributed by atoms with Crippen LogP contribution >= 0.6 is 11.3 Å². The van der Waals surface area contributed by atoms with E-state index < -0.39 is 0 Å². The molecule has 1 amide bonds. The van der Waals surface area contributed by atoms with E-state index in [0.29, 0.717) is 13.2 Å². The molecule has 0 radical (unpaired) electrons. The van der Waals surface area contributed by atoms with Crippen molar-refractivity contribution >= 4 is 27.5 Å². The molecule has 0 aliphatic heterocycles. The van der Waals surface area contributed by atoms with Crippen LogP contribution in [0, 0.1) is 13.8 Å². The Kier molecular flexibility index (Phi) is 5.70. The minimum Gasteiger partial charge on any atom is -0.383 e. The summed E-state index contributed by atoms with van der Waals surface area (Å²) in [6, 6.07) is 0.0421. The van der Waals surface area contributed by atoms with E-state index >= 15 is 0 Å². The number of aryl methyl sites for hydroxylation is 3. The second-order valence-corrected chi connectivity index (χ2v) is 6.71. The van der Waals surface area contributed by atoms with Gasteiger partial charge in [0, 0.05) is 31.2 Å². The van der Waals surface area contributed by atoms with E-state index in [4.69, 9.17) is 4.74 Å². The normalized spacial score (nSPS) is 12.6. The maximum atomic E-state index is 13.0. The third kappa shape index (κ3) is 3.38. The highest BCUT2D eigenvalue weighted by molar-refractivity contribution is 7.20. The lowest BCUT2D eigenvalue weighted by molar-refractivity contribution is 0.0583. The third-order valence-corrected chi connectivity index (χ3v) is 5.24. The third-order valence-electron chi connectivity index (χ3n) is 4.07. The first-order chi connectivity index (χ1) is 10.9. The average Bonchev–Trinajstić information content (AvgIpc) is 2.85. The largest absolute Gasteiger partial charge is 0.383 e. The Hall–Kier alpha value is -1.53. The topological polar surface area (TPSA) is 55.3 Å². The van der Waals surface area contributed by atoms with E-state index in [1.165, 1.54) is 11.3 Å². The molecule has 1 unspecified atom stereocenters. The highest BCUT2D eigenvalue weighted by Crippen LogP contribution is 2.32. The molecule has 2 heterocycles. The summed E-state index contributed by atoms with van der Waals surface area (Å²) in [5, 5.41) is 1.02. The van der Waals surface area contributed by atoms with Gasteiger partial charge in [-0.05, 0) is 33.3 Å². The van der Waals surface area contributed by atoms with Crippen LogP contribution in [0.4, 0.5) is 0 Å². The first-order valence-electron chi connectivity index (χ1n) is 8.01. The number of fused-ring (bicyclic) bond motifs is 1. The Bertz CT molecular complexity index is 711. The fourth-order valence-electron chi connectivity index (χ4n) is 2.87. The number of ether oxygens (including phenoxy) is 1. The number of carbonyl (C=O) groups excluding carboxylic acids is 1. The Morgan fingerprint density at radius 1 is 1.30 bits per heavy atom. The fourth-order valence-corrected chi connectivity index (χ4v) is 4.08. The Labute approximate surface area is 141 Å². The van der Waals surface area contributed by atoms with E-state index in [9.17, 15) is 4.79 Å². The highest BCUT2D eigenvalue weighted by Gasteiger charge is 2.25. The molecule has 126 valence electrons. The van der Waals surface area contributed by atoms with Crippen molar-refractivity contribution in [3.8, 4) is 0 Å². The van der Waals surface area contributed by atoms with Gasteiger partial charge in [0.25, 0.3) is 5.91 Å². The highest BCUT2D eigenvalue weighted by atomic mass is 32.1. The van der Waals surface area contributed by atoms with Crippen LogP contribution in [0.3, 0.4) is 0 Å². The number of aromatic nitrogens is 2. The molecule has 5 nitrogen and oxygen atoms in total. The summed E-state index contributed by atoms with van der Waals surface area (Å²) in [6.45, 7) is 11.2. The first kappa shape index (κ1) is 17.8. The standard InChI is InChI=1S/C17H25N3O2S/c1-7-13-18-12(5)14-11(4)15(23-16(14)19-13)17(21)20(8-2)10(3)9-22-6/h10H,7-9H2,1-6H3. The molecular formula is C17H25N3O2S. The van der Waals surface area contributed by atoms with Crippen LogP contribution in [0.2, 0.25) is 0 Å². The number of rotatable bonds is 6. The van der Waals surface area contributed by atoms with Gasteiger partial charge >= 0.3 is 0 Å². The molecule has 0 saturated heterocycles. The van der Waals surface area contributed by atoms with Gasteiger partial charge in [-0.15, -0.1) is 11.3 Å². The van der Waals surface area contributed by atoms with Crippen molar-refractivity contribution < 1.29 is 9.53 Å². The van der Waals surface area contributed by atoms with Gasteiger partial charge in [0.1, 0.15) is 10.7 Å². The lowest BCUT2D eigenvalue weighted by Gasteiger charge is -2.27. The van der Waals surface area contributed by atoms with E-state index in [-0.39, 0.29) is 11.9 Å². The summed E-state index contributed by atoms with van der Waals surface area (Å²) in [5.74, 6) is 0.880. The Morgan fingerprint density at radius 2 is 2.00 bits per heavy atom. The number of hydrogen-bond donors (Lipinski definition) is 0. The van der Waals surface area contributed by atoms with Crippen LogP contribution in [0.25, 0.3) is 10.2 Å². The SMILES string of the molecule is CCc1nc(C)c2c(C)c(C(=O)N(CC)C(C)COC)sc2n1. The van der Waals surface area contributed by atoms with E-state index in [2.05, 4.69) is 9.97 Å². The molecule has 2 aromatic rings. The minimum atomic E-state index is 0.0421. The van der Waals surface area contributed by atoms with Gasteiger partial charge in [-0.2, -0.15) is 0 Å². The quantitative estimate of drug-likeness (QED) is 0.812. The molecule has 2 aromatic heterocycles. The zero-order valence-corrected chi connectivity index (χ0v) is 15.6. The maximum Gasteiger partial charge on any atom is 0.264 e. The van der Waals surface area contributed by atoms with Crippen molar-refractivity contribution in [3.63, 3.8) is 0 Å². The molecule has 0 aromatic carbocycles. The predicted molar refractivity (Wildman–Crippen MR) is 94.3 cm³/mol. The van der Waals surface area contributed by atoms with Gasteiger partial charge in [-0.3, -0.25) is 4.79 Å². The summed E-state index contributed by atoms with van der Waals surface area (Å²) in [4.78, 5) is 25.6. The van der Waals surface area contributed by atoms with Crippen molar-refractivity contribution in [2.45, 2.75) is 47.1 Å². The summed E-state index contributed by atoms with van der Waals surface area (Å²) in [5.41, 5.74) is 1.94. The van der Waals surface area contributed by atoms with Crippen molar-refractivity contribution in [2.24, 2.45) is 0 Å². The van der Waals surface area contributed by atoms with E-state index in [0.717, 1.165) is 38.6 Å². The van der Waals surface area contributed by atoms with Crippen molar-refractivity contribution in [1.29, 1.82) is 0 Å². The van der Waals surface area contributed by atoms with E-state index in [1.807, 2.05) is 39.5 Å². The number of methoxy groups -OCH3 is 1. The van der Waals surface area contributed by atoms with Gasteiger partial charge in [-0.1, -0.05) is 6.92 Å². The van der Waals surface area contributed by atoms with Gasteiger partial charge in [-0.25, -0.2) is 9.97 Å². The summed E-state index contributed by atoms with van der Waals surface area (Å²) in [7, 11) is 1.66. The minimum absolute atomic E-state index is 0.0421. The van der Waals surface area contributed by atoms with Crippen LogP contribution in [0.5, 0.6) is 0 Å². The van der Waals surface area contributed by atoms with Gasteiger partial charge in [0.15, 0.2) is 0 Å². The summed E-state index contributed by atoms with van der Waals surface area (Å²) in [6.07, 6.45) is 0.795. The average molecular weight is 335 g/mol. The molecule has 0 fully saturated rings. The molecule has 23 heavy (non-hydrogen) atoms. The molecule has 0 N–H and O–H groups in total. The van der Waals surface area contributed by atoms with Gasteiger partial charge < -0.3 is 9.64 Å². The van der Waals surface area contributed by atoms with Crippen molar-refractivity contribution in [1.82, 2.24) is 14.9 Å². The van der Waals surface area contributed by atoms with Crippen molar-refractivity contribution in [2.75, 3.05) is 20.3 Å². The number of thiophene rings is 1. The first-order valence-corrected chi connectivity index (χ1v) is 8.82. The monoisotopic (exact) mass is 335 g/mol. The molecule has 0 saturated carbocycles. The lowest BCUT2D eigenvalue weighted by atomic mass is 10.1. The van der Waals surface area contributed by atoms with Crippen LogP contribution in [-0.2, 0) is 11.2 Å². The zero-order valence-electron chi connectivity index (χ0n) is 14.8. The van der Waals surface area contributed by atoms with Crippen LogP contribution in [-0.4, -0.2) is 47.1 Å². The summed E-state index contributed by atoms with van der Waals surface area (Å²) < 4.78 is 5.20. The van der Waals surface area contributed by atoms with Gasteiger partial charge in [0.2, 0.25) is 0 Å². The van der Waals surface area contributed by atoms with Crippen LogP contribution in [0.15, 0.2) is 0 Å². The number of nitrogens with zero attached hydrogens (tertiary/aromatic N) is 3. The van der Waals surface area contributed by atoms with Gasteiger partial charge in [0.05, 0.1) is 17.5 Å². The van der Waals surface area contributed by atoms with Crippen LogP contribution < -0.4 is 0 Å². The molecule has 0 aliphatic carbocycles. The zero-order chi connectivity index (χ0) is 17.1. The lowest BCUT2D eigenvalue weighted by Crippen LogP contribution is -2.40. The van der Waals surface area contributed by atoms with Crippen molar-refractivity contribution in [3.05, 3.63) is 22.0 Å². The molecular weight excluding hydrogens is 310 g/mol. The molecule has 2 rings (SSSR count). The fraction of sp³-hybridized carbons (Fsp3) is 0.588. The smallest absolute Gasteiger partial charge is 0.264 e. The second kappa shape index (κ2) is 7.36. The number of likely N-dealkylation sites (N-methyl/N-ethyl adjacent to an activating group) is 1. The molecule has 0 bridgehead atoms. The predicted octanol–water partition coefficient (Wildman–Crippen LogP) is 3.37. The Balaban J connectivity index is 2.48. The summed E-state index contributed by atoms with van der Waals surface area (Å²) >= 11 is 1.47. The Morgan fingerprint density at radius 3 is 2.57 bits per heavy atom.